The zero-order valence-electron chi connectivity index (χ0n) is 13.1. The number of hydrogen-bond acceptors (Lipinski definition) is 6. The van der Waals surface area contributed by atoms with Crippen LogP contribution in [0.1, 0.15) is 11.4 Å². The summed E-state index contributed by atoms with van der Waals surface area (Å²) in [7, 11) is 0. The fraction of sp³-hybridized carbons (Fsp3) is 0.375. The van der Waals surface area contributed by atoms with Gasteiger partial charge in [0.05, 0.1) is 5.69 Å². The number of rotatable bonds is 3. The van der Waals surface area contributed by atoms with Gasteiger partial charge in [-0.05, 0) is 19.1 Å². The summed E-state index contributed by atoms with van der Waals surface area (Å²) in [6.07, 6.45) is 3.41. The van der Waals surface area contributed by atoms with Crippen molar-refractivity contribution in [2.75, 3.05) is 31.1 Å². The van der Waals surface area contributed by atoms with Gasteiger partial charge in [-0.1, -0.05) is 6.07 Å². The second-order valence-corrected chi connectivity index (χ2v) is 5.81. The molecule has 1 aliphatic heterocycles. The topological polar surface area (TPSA) is 62.5 Å². The first-order valence-electron chi connectivity index (χ1n) is 7.84. The minimum Gasteiger partial charge on any atom is -0.354 e. The Labute approximate surface area is 134 Å². The molecule has 7 heteroatoms. The molecule has 118 valence electrons. The molecule has 0 unspecified atom stereocenters. The van der Waals surface area contributed by atoms with Crippen LogP contribution in [0.15, 0.2) is 36.8 Å². The van der Waals surface area contributed by atoms with Crippen molar-refractivity contribution >= 4 is 11.6 Å². The van der Waals surface area contributed by atoms with E-state index in [1.807, 2.05) is 29.8 Å². The molecule has 0 saturated carbocycles. The van der Waals surface area contributed by atoms with E-state index in [0.717, 1.165) is 49.9 Å². The number of hydrogen-bond donors (Lipinski definition) is 0. The Bertz CT molecular complexity index is 791. The second kappa shape index (κ2) is 5.92. The lowest BCUT2D eigenvalue weighted by Gasteiger charge is -2.35. The molecule has 1 saturated heterocycles. The number of piperazine rings is 1. The van der Waals surface area contributed by atoms with E-state index in [0.29, 0.717) is 5.78 Å². The molecular weight excluding hydrogens is 290 g/mol. The van der Waals surface area contributed by atoms with E-state index in [2.05, 4.69) is 42.0 Å². The summed E-state index contributed by atoms with van der Waals surface area (Å²) in [6, 6.07) is 8.16. The van der Waals surface area contributed by atoms with Crippen LogP contribution in [-0.2, 0) is 6.54 Å². The molecule has 4 rings (SSSR count). The Morgan fingerprint density at radius 3 is 2.74 bits per heavy atom. The molecule has 0 amide bonds. The highest BCUT2D eigenvalue weighted by Gasteiger charge is 2.20. The molecule has 0 bridgehead atoms. The molecule has 3 aromatic heterocycles. The number of aryl methyl sites for hydroxylation is 1. The molecular formula is C16H19N7. The third-order valence-corrected chi connectivity index (χ3v) is 4.17. The Morgan fingerprint density at radius 1 is 1.09 bits per heavy atom. The van der Waals surface area contributed by atoms with Gasteiger partial charge in [0.1, 0.15) is 12.1 Å². The number of fused-ring (bicyclic) bond motifs is 1. The number of pyridine rings is 1. The molecule has 23 heavy (non-hydrogen) atoms. The molecule has 3 aromatic rings. The van der Waals surface area contributed by atoms with Gasteiger partial charge in [-0.3, -0.25) is 9.88 Å². The van der Waals surface area contributed by atoms with Crippen LogP contribution >= 0.6 is 0 Å². The van der Waals surface area contributed by atoms with Crippen LogP contribution in [0.4, 0.5) is 5.82 Å². The summed E-state index contributed by atoms with van der Waals surface area (Å²) >= 11 is 0. The van der Waals surface area contributed by atoms with Crippen molar-refractivity contribution in [2.45, 2.75) is 13.5 Å². The van der Waals surface area contributed by atoms with Gasteiger partial charge in [0.25, 0.3) is 5.78 Å². The van der Waals surface area contributed by atoms with Crippen molar-refractivity contribution in [3.8, 4) is 0 Å². The van der Waals surface area contributed by atoms with Crippen LogP contribution in [0.3, 0.4) is 0 Å². The van der Waals surface area contributed by atoms with Gasteiger partial charge in [-0.2, -0.15) is 14.6 Å². The van der Waals surface area contributed by atoms with Crippen molar-refractivity contribution < 1.29 is 0 Å². The van der Waals surface area contributed by atoms with Crippen molar-refractivity contribution in [1.82, 2.24) is 29.5 Å². The third-order valence-electron chi connectivity index (χ3n) is 4.17. The summed E-state index contributed by atoms with van der Waals surface area (Å²) in [5.41, 5.74) is 2.09. The maximum absolute atomic E-state index is 4.41. The summed E-state index contributed by atoms with van der Waals surface area (Å²) in [5.74, 6) is 1.73. The Kier molecular flexibility index (Phi) is 3.63. The minimum atomic E-state index is 0.663. The van der Waals surface area contributed by atoms with Crippen LogP contribution in [0.2, 0.25) is 0 Å². The third kappa shape index (κ3) is 2.87. The average molecular weight is 309 g/mol. The van der Waals surface area contributed by atoms with Crippen molar-refractivity contribution in [3.05, 3.63) is 48.2 Å². The van der Waals surface area contributed by atoms with Gasteiger partial charge in [0.15, 0.2) is 0 Å². The molecule has 1 fully saturated rings. The molecule has 0 spiro atoms. The summed E-state index contributed by atoms with van der Waals surface area (Å²) in [6.45, 7) is 6.84. The highest BCUT2D eigenvalue weighted by atomic mass is 15.4. The zero-order chi connectivity index (χ0) is 15.6. The number of anilines is 1. The molecule has 0 aromatic carbocycles. The van der Waals surface area contributed by atoms with E-state index < -0.39 is 0 Å². The van der Waals surface area contributed by atoms with Gasteiger partial charge in [-0.25, -0.2) is 4.98 Å². The molecule has 4 heterocycles. The number of aromatic nitrogens is 5. The number of nitrogens with zero attached hydrogens (tertiary/aromatic N) is 7. The van der Waals surface area contributed by atoms with Crippen molar-refractivity contribution in [1.29, 1.82) is 0 Å². The lowest BCUT2D eigenvalue weighted by atomic mass is 10.2. The smallest absolute Gasteiger partial charge is 0.254 e. The lowest BCUT2D eigenvalue weighted by molar-refractivity contribution is 0.246. The maximum Gasteiger partial charge on any atom is 0.254 e. The van der Waals surface area contributed by atoms with Gasteiger partial charge in [-0.15, -0.1) is 0 Å². The van der Waals surface area contributed by atoms with E-state index in [9.17, 15) is 0 Å². The van der Waals surface area contributed by atoms with E-state index >= 15 is 0 Å². The quantitative estimate of drug-likeness (QED) is 0.723. The molecule has 0 N–H and O–H groups in total. The van der Waals surface area contributed by atoms with Crippen LogP contribution in [0.25, 0.3) is 5.78 Å². The monoisotopic (exact) mass is 309 g/mol. The average Bonchev–Trinajstić information content (AvgIpc) is 3.04. The Morgan fingerprint density at radius 2 is 1.96 bits per heavy atom. The molecule has 7 nitrogen and oxygen atoms in total. The normalized spacial score (nSPS) is 16.1. The maximum atomic E-state index is 4.41. The first-order valence-corrected chi connectivity index (χ1v) is 7.84. The molecule has 0 aliphatic carbocycles. The SMILES string of the molecule is Cc1cc(N2CCN(Cc3ccccn3)CC2)n2ncnc2n1. The Hall–Kier alpha value is -2.54. The van der Waals surface area contributed by atoms with E-state index in [1.165, 1.54) is 0 Å². The molecule has 0 radical (unpaired) electrons. The van der Waals surface area contributed by atoms with Gasteiger partial charge in [0.2, 0.25) is 0 Å². The lowest BCUT2D eigenvalue weighted by Crippen LogP contribution is -2.46. The largest absolute Gasteiger partial charge is 0.354 e. The predicted molar refractivity (Wildman–Crippen MR) is 87.2 cm³/mol. The predicted octanol–water partition coefficient (Wildman–Crippen LogP) is 1.15. The first kappa shape index (κ1) is 14.1. The van der Waals surface area contributed by atoms with E-state index in [4.69, 9.17) is 0 Å². The van der Waals surface area contributed by atoms with Crippen LogP contribution in [-0.4, -0.2) is 55.6 Å². The van der Waals surface area contributed by atoms with Gasteiger partial charge in [0, 0.05) is 50.7 Å². The summed E-state index contributed by atoms with van der Waals surface area (Å²) in [4.78, 5) is 17.8. The van der Waals surface area contributed by atoms with Gasteiger partial charge >= 0.3 is 0 Å². The van der Waals surface area contributed by atoms with Crippen molar-refractivity contribution in [3.63, 3.8) is 0 Å². The fourth-order valence-corrected chi connectivity index (χ4v) is 2.99. The summed E-state index contributed by atoms with van der Waals surface area (Å²) < 4.78 is 1.82. The van der Waals surface area contributed by atoms with Crippen LogP contribution < -0.4 is 4.90 Å². The van der Waals surface area contributed by atoms with Crippen molar-refractivity contribution in [2.24, 2.45) is 0 Å². The second-order valence-electron chi connectivity index (χ2n) is 5.81. The molecule has 1 aliphatic rings. The highest BCUT2D eigenvalue weighted by molar-refractivity contribution is 5.47. The van der Waals surface area contributed by atoms with E-state index in [-0.39, 0.29) is 0 Å². The van der Waals surface area contributed by atoms with E-state index in [1.54, 1.807) is 6.33 Å². The fourth-order valence-electron chi connectivity index (χ4n) is 2.99. The molecule has 0 atom stereocenters. The first-order chi connectivity index (χ1) is 11.3. The van der Waals surface area contributed by atoms with Crippen LogP contribution in [0.5, 0.6) is 0 Å². The standard InChI is InChI=1S/C16H19N7/c1-13-10-15(23-16(20-13)18-12-19-23)22-8-6-21(7-9-22)11-14-4-2-3-5-17-14/h2-5,10,12H,6-9,11H2,1H3. The van der Waals surface area contributed by atoms with Gasteiger partial charge < -0.3 is 4.90 Å². The minimum absolute atomic E-state index is 0.663. The summed E-state index contributed by atoms with van der Waals surface area (Å²) in [5, 5.41) is 4.30. The Balaban J connectivity index is 1.47. The van der Waals surface area contributed by atoms with Crippen LogP contribution in [0, 0.1) is 6.92 Å². The zero-order valence-corrected chi connectivity index (χ0v) is 13.1. The highest BCUT2D eigenvalue weighted by Crippen LogP contribution is 2.18.